The molecule has 1 rings (SSSR count). The first-order valence-corrected chi connectivity index (χ1v) is 5.91. The van der Waals surface area contributed by atoms with E-state index in [1.807, 2.05) is 12.1 Å². The topological polar surface area (TPSA) is 18.5 Å². The normalized spacial score (nSPS) is 9.81. The zero-order valence-electron chi connectivity index (χ0n) is 10.1. The van der Waals surface area contributed by atoms with E-state index in [-0.39, 0.29) is 0 Å². The van der Waals surface area contributed by atoms with E-state index in [0.29, 0.717) is 0 Å². The van der Waals surface area contributed by atoms with Gasteiger partial charge in [0.05, 0.1) is 18.7 Å². The Balaban J connectivity index is 3.08. The Morgan fingerprint density at radius 3 is 2.31 bits per heavy atom. The SMILES string of the molecule is COc1cc(OC)c(CC=C(C)C)cc1Br. The molecule has 16 heavy (non-hydrogen) atoms. The van der Waals surface area contributed by atoms with E-state index in [1.54, 1.807) is 14.2 Å². The quantitative estimate of drug-likeness (QED) is 0.779. The van der Waals surface area contributed by atoms with Crippen molar-refractivity contribution in [2.75, 3.05) is 14.2 Å². The van der Waals surface area contributed by atoms with Crippen LogP contribution in [0.15, 0.2) is 28.3 Å². The molecule has 88 valence electrons. The number of allylic oxidation sites excluding steroid dienone is 2. The van der Waals surface area contributed by atoms with Crippen LogP contribution in [0.4, 0.5) is 0 Å². The van der Waals surface area contributed by atoms with Crippen LogP contribution in [-0.2, 0) is 6.42 Å². The van der Waals surface area contributed by atoms with Crippen molar-refractivity contribution < 1.29 is 9.47 Å². The standard InChI is InChI=1S/C13H17BrO2/c1-9(2)5-6-10-7-11(14)13(16-4)8-12(10)15-3/h5,7-8H,6H2,1-4H3. The smallest absolute Gasteiger partial charge is 0.136 e. The van der Waals surface area contributed by atoms with E-state index >= 15 is 0 Å². The summed E-state index contributed by atoms with van der Waals surface area (Å²) in [6, 6.07) is 3.94. The van der Waals surface area contributed by atoms with Gasteiger partial charge in [-0.05, 0) is 47.8 Å². The molecule has 0 radical (unpaired) electrons. The van der Waals surface area contributed by atoms with Gasteiger partial charge in [-0.1, -0.05) is 11.6 Å². The van der Waals surface area contributed by atoms with Crippen molar-refractivity contribution in [3.8, 4) is 11.5 Å². The second-order valence-electron chi connectivity index (χ2n) is 3.78. The van der Waals surface area contributed by atoms with E-state index in [9.17, 15) is 0 Å². The molecule has 0 unspecified atom stereocenters. The predicted octanol–water partition coefficient (Wildman–Crippen LogP) is 3.98. The second kappa shape index (κ2) is 5.94. The molecule has 2 nitrogen and oxygen atoms in total. The monoisotopic (exact) mass is 284 g/mol. The summed E-state index contributed by atoms with van der Waals surface area (Å²) >= 11 is 3.48. The maximum Gasteiger partial charge on any atom is 0.136 e. The lowest BCUT2D eigenvalue weighted by Gasteiger charge is -2.11. The summed E-state index contributed by atoms with van der Waals surface area (Å²) in [6.07, 6.45) is 3.05. The van der Waals surface area contributed by atoms with Crippen molar-refractivity contribution in [3.63, 3.8) is 0 Å². The molecule has 0 N–H and O–H groups in total. The third kappa shape index (κ3) is 3.27. The van der Waals surface area contributed by atoms with Crippen molar-refractivity contribution in [1.29, 1.82) is 0 Å². The molecule has 0 aromatic heterocycles. The van der Waals surface area contributed by atoms with Crippen LogP contribution in [0.2, 0.25) is 0 Å². The molecular formula is C13H17BrO2. The molecule has 1 aromatic rings. The van der Waals surface area contributed by atoms with E-state index in [0.717, 1.165) is 28.0 Å². The highest BCUT2D eigenvalue weighted by atomic mass is 79.9. The average Bonchev–Trinajstić information content (AvgIpc) is 2.26. The highest BCUT2D eigenvalue weighted by molar-refractivity contribution is 9.10. The van der Waals surface area contributed by atoms with Crippen molar-refractivity contribution in [1.82, 2.24) is 0 Å². The van der Waals surface area contributed by atoms with Gasteiger partial charge >= 0.3 is 0 Å². The Bertz CT molecular complexity index is 393. The largest absolute Gasteiger partial charge is 0.496 e. The third-order valence-corrected chi connectivity index (χ3v) is 2.90. The van der Waals surface area contributed by atoms with Gasteiger partial charge in [-0.3, -0.25) is 0 Å². The fourth-order valence-electron chi connectivity index (χ4n) is 1.40. The zero-order valence-corrected chi connectivity index (χ0v) is 11.7. The van der Waals surface area contributed by atoms with Crippen LogP contribution < -0.4 is 9.47 Å². The molecular weight excluding hydrogens is 268 g/mol. The summed E-state index contributed by atoms with van der Waals surface area (Å²) < 4.78 is 11.5. The minimum Gasteiger partial charge on any atom is -0.496 e. The molecule has 0 saturated carbocycles. The first-order chi connectivity index (χ1) is 7.58. The van der Waals surface area contributed by atoms with Gasteiger partial charge in [0, 0.05) is 6.07 Å². The summed E-state index contributed by atoms with van der Waals surface area (Å²) in [4.78, 5) is 0. The van der Waals surface area contributed by atoms with E-state index in [4.69, 9.17) is 9.47 Å². The summed E-state index contributed by atoms with van der Waals surface area (Å²) in [5, 5.41) is 0. The molecule has 0 fully saturated rings. The maximum atomic E-state index is 5.35. The minimum atomic E-state index is 0.790. The predicted molar refractivity (Wildman–Crippen MR) is 70.4 cm³/mol. The minimum absolute atomic E-state index is 0.790. The molecule has 0 saturated heterocycles. The highest BCUT2D eigenvalue weighted by Crippen LogP contribution is 2.33. The van der Waals surface area contributed by atoms with Gasteiger partial charge in [-0.25, -0.2) is 0 Å². The van der Waals surface area contributed by atoms with Crippen molar-refractivity contribution in [3.05, 3.63) is 33.8 Å². The maximum absolute atomic E-state index is 5.35. The lowest BCUT2D eigenvalue weighted by atomic mass is 10.1. The number of benzene rings is 1. The van der Waals surface area contributed by atoms with Crippen molar-refractivity contribution >= 4 is 15.9 Å². The molecule has 0 spiro atoms. The molecule has 0 atom stereocenters. The van der Waals surface area contributed by atoms with Gasteiger partial charge < -0.3 is 9.47 Å². The van der Waals surface area contributed by atoms with Gasteiger partial charge in [0.25, 0.3) is 0 Å². The molecule has 3 heteroatoms. The lowest BCUT2D eigenvalue weighted by Crippen LogP contribution is -1.94. The van der Waals surface area contributed by atoms with Crippen LogP contribution >= 0.6 is 15.9 Å². The van der Waals surface area contributed by atoms with Crippen LogP contribution in [-0.4, -0.2) is 14.2 Å². The Kier molecular flexibility index (Phi) is 4.87. The van der Waals surface area contributed by atoms with Crippen LogP contribution in [0.25, 0.3) is 0 Å². The molecule has 0 aliphatic rings. The third-order valence-electron chi connectivity index (χ3n) is 2.29. The first-order valence-electron chi connectivity index (χ1n) is 5.12. The molecule has 0 amide bonds. The first kappa shape index (κ1) is 13.1. The Morgan fingerprint density at radius 2 is 1.81 bits per heavy atom. The lowest BCUT2D eigenvalue weighted by molar-refractivity contribution is 0.390. The molecule has 0 aliphatic heterocycles. The molecule has 0 aliphatic carbocycles. The van der Waals surface area contributed by atoms with Gasteiger partial charge in [-0.2, -0.15) is 0 Å². The van der Waals surface area contributed by atoms with Crippen LogP contribution in [0, 0.1) is 0 Å². The zero-order chi connectivity index (χ0) is 12.1. The fraction of sp³-hybridized carbons (Fsp3) is 0.385. The van der Waals surface area contributed by atoms with Crippen LogP contribution in [0.5, 0.6) is 11.5 Å². The summed E-state index contributed by atoms with van der Waals surface area (Å²) in [6.45, 7) is 4.18. The number of rotatable bonds is 4. The highest BCUT2D eigenvalue weighted by Gasteiger charge is 2.08. The van der Waals surface area contributed by atoms with Gasteiger partial charge in [0.2, 0.25) is 0 Å². The fourth-order valence-corrected chi connectivity index (χ4v) is 1.95. The van der Waals surface area contributed by atoms with Gasteiger partial charge in [0.1, 0.15) is 11.5 Å². The Labute approximate surface area is 105 Å². The van der Waals surface area contributed by atoms with Crippen molar-refractivity contribution in [2.24, 2.45) is 0 Å². The van der Waals surface area contributed by atoms with E-state index in [2.05, 4.69) is 35.9 Å². The number of methoxy groups -OCH3 is 2. The summed E-state index contributed by atoms with van der Waals surface area (Å²) in [7, 11) is 3.32. The van der Waals surface area contributed by atoms with Crippen LogP contribution in [0.1, 0.15) is 19.4 Å². The van der Waals surface area contributed by atoms with E-state index < -0.39 is 0 Å². The second-order valence-corrected chi connectivity index (χ2v) is 4.64. The summed E-state index contributed by atoms with van der Waals surface area (Å²) in [5.41, 5.74) is 2.45. The average molecular weight is 285 g/mol. The van der Waals surface area contributed by atoms with Gasteiger partial charge in [-0.15, -0.1) is 0 Å². The number of halogens is 1. The van der Waals surface area contributed by atoms with Crippen LogP contribution in [0.3, 0.4) is 0 Å². The molecule has 1 aromatic carbocycles. The summed E-state index contributed by atoms with van der Waals surface area (Å²) in [5.74, 6) is 1.65. The van der Waals surface area contributed by atoms with Crippen molar-refractivity contribution in [2.45, 2.75) is 20.3 Å². The molecule has 0 heterocycles. The molecule has 0 bridgehead atoms. The number of hydrogen-bond donors (Lipinski definition) is 0. The number of hydrogen-bond acceptors (Lipinski definition) is 2. The van der Waals surface area contributed by atoms with Gasteiger partial charge in [0.15, 0.2) is 0 Å². The Morgan fingerprint density at radius 1 is 1.19 bits per heavy atom. The Hall–Kier alpha value is -0.960. The number of ether oxygens (including phenoxy) is 2. The van der Waals surface area contributed by atoms with E-state index in [1.165, 1.54) is 5.57 Å².